The van der Waals surface area contributed by atoms with Crippen LogP contribution in [0.25, 0.3) is 0 Å². The molecule has 0 saturated heterocycles. The van der Waals surface area contributed by atoms with E-state index < -0.39 is 29.6 Å². The maximum atomic E-state index is 13.1. The van der Waals surface area contributed by atoms with E-state index in [0.717, 1.165) is 12.1 Å². The first-order chi connectivity index (χ1) is 11.8. The fourth-order valence-electron chi connectivity index (χ4n) is 1.88. The Bertz CT molecular complexity index is 860. The van der Waals surface area contributed by atoms with E-state index in [1.54, 1.807) is 0 Å². The standard InChI is InChI=1S/C17H11ClF2N2O3/c1-9(25-17(24)11-4-12(19)6-13(20)5-11)16(23)22-14-3-2-10(8-21)15(18)7-14/h2-7,9H,1H3,(H,22,23)/t9-/m0/s1. The zero-order chi connectivity index (χ0) is 18.6. The van der Waals surface area contributed by atoms with Crippen molar-refractivity contribution in [2.24, 2.45) is 0 Å². The van der Waals surface area contributed by atoms with E-state index in [1.807, 2.05) is 6.07 Å². The molecule has 1 atom stereocenters. The molecule has 1 N–H and O–H groups in total. The summed E-state index contributed by atoms with van der Waals surface area (Å²) in [5, 5.41) is 11.4. The second kappa shape index (κ2) is 7.73. The summed E-state index contributed by atoms with van der Waals surface area (Å²) in [5.41, 5.74) is 0.194. The Morgan fingerprint density at radius 3 is 2.40 bits per heavy atom. The zero-order valence-electron chi connectivity index (χ0n) is 12.8. The molecule has 2 rings (SSSR count). The Labute approximate surface area is 146 Å². The summed E-state index contributed by atoms with van der Waals surface area (Å²) >= 11 is 5.86. The van der Waals surface area contributed by atoms with Gasteiger partial charge in [-0.2, -0.15) is 5.26 Å². The Hall–Kier alpha value is -2.98. The minimum atomic E-state index is -1.23. The molecular formula is C17H11ClF2N2O3. The number of benzene rings is 2. The summed E-state index contributed by atoms with van der Waals surface area (Å²) in [6.45, 7) is 1.30. The van der Waals surface area contributed by atoms with Crippen molar-refractivity contribution in [3.63, 3.8) is 0 Å². The number of amides is 1. The van der Waals surface area contributed by atoms with Crippen LogP contribution in [-0.2, 0) is 9.53 Å². The molecule has 0 aliphatic heterocycles. The molecular weight excluding hydrogens is 354 g/mol. The van der Waals surface area contributed by atoms with Crippen molar-refractivity contribution in [1.82, 2.24) is 0 Å². The maximum absolute atomic E-state index is 13.1. The molecule has 5 nitrogen and oxygen atoms in total. The van der Waals surface area contributed by atoms with Crippen LogP contribution in [0.4, 0.5) is 14.5 Å². The van der Waals surface area contributed by atoms with Gasteiger partial charge in [0, 0.05) is 11.8 Å². The maximum Gasteiger partial charge on any atom is 0.339 e. The van der Waals surface area contributed by atoms with Gasteiger partial charge in [0.05, 0.1) is 16.1 Å². The first kappa shape index (κ1) is 18.4. The Morgan fingerprint density at radius 2 is 1.84 bits per heavy atom. The average molecular weight is 365 g/mol. The van der Waals surface area contributed by atoms with E-state index in [2.05, 4.69) is 5.32 Å². The zero-order valence-corrected chi connectivity index (χ0v) is 13.6. The molecule has 0 heterocycles. The van der Waals surface area contributed by atoms with Crippen molar-refractivity contribution >= 4 is 29.2 Å². The minimum absolute atomic E-state index is 0.153. The molecule has 0 radical (unpaired) electrons. The van der Waals surface area contributed by atoms with E-state index in [-0.39, 0.29) is 16.1 Å². The average Bonchev–Trinajstić information content (AvgIpc) is 2.54. The normalized spacial score (nSPS) is 11.3. The molecule has 0 saturated carbocycles. The lowest BCUT2D eigenvalue weighted by molar-refractivity contribution is -0.123. The monoisotopic (exact) mass is 364 g/mol. The van der Waals surface area contributed by atoms with E-state index in [4.69, 9.17) is 21.6 Å². The Balaban J connectivity index is 2.03. The van der Waals surface area contributed by atoms with Crippen molar-refractivity contribution in [2.75, 3.05) is 5.32 Å². The fourth-order valence-corrected chi connectivity index (χ4v) is 2.10. The summed E-state index contributed by atoms with van der Waals surface area (Å²) in [4.78, 5) is 23.9. The molecule has 128 valence electrons. The number of carbonyl (C=O) groups excluding carboxylic acids is 2. The predicted molar refractivity (Wildman–Crippen MR) is 86.0 cm³/mol. The van der Waals surface area contributed by atoms with Crippen molar-refractivity contribution in [2.45, 2.75) is 13.0 Å². The highest BCUT2D eigenvalue weighted by atomic mass is 35.5. The molecule has 0 aliphatic rings. The van der Waals surface area contributed by atoms with Gasteiger partial charge in [0.25, 0.3) is 5.91 Å². The van der Waals surface area contributed by atoms with Crippen LogP contribution < -0.4 is 5.32 Å². The SMILES string of the molecule is C[C@H](OC(=O)c1cc(F)cc(F)c1)C(=O)Nc1ccc(C#N)c(Cl)c1. The minimum Gasteiger partial charge on any atom is -0.449 e. The summed E-state index contributed by atoms with van der Waals surface area (Å²) in [5.74, 6) is -3.59. The number of carbonyl (C=O) groups is 2. The van der Waals surface area contributed by atoms with Crippen LogP contribution in [0.15, 0.2) is 36.4 Å². The van der Waals surface area contributed by atoms with Crippen LogP contribution >= 0.6 is 11.6 Å². The van der Waals surface area contributed by atoms with Gasteiger partial charge in [-0.3, -0.25) is 4.79 Å². The number of halogens is 3. The van der Waals surface area contributed by atoms with Gasteiger partial charge >= 0.3 is 5.97 Å². The van der Waals surface area contributed by atoms with Gasteiger partial charge < -0.3 is 10.1 Å². The summed E-state index contributed by atoms with van der Waals surface area (Å²) in [6.07, 6.45) is -1.23. The first-order valence-electron chi connectivity index (χ1n) is 6.97. The summed E-state index contributed by atoms with van der Waals surface area (Å²) in [6, 6.07) is 8.34. The number of nitrogens with one attached hydrogen (secondary N) is 1. The number of nitriles is 1. The molecule has 0 spiro atoms. The lowest BCUT2D eigenvalue weighted by atomic mass is 10.2. The van der Waals surface area contributed by atoms with Gasteiger partial charge in [0.1, 0.15) is 17.7 Å². The van der Waals surface area contributed by atoms with Gasteiger partial charge in [0.2, 0.25) is 0 Å². The van der Waals surface area contributed by atoms with Gasteiger partial charge in [0.15, 0.2) is 6.10 Å². The molecule has 25 heavy (non-hydrogen) atoms. The van der Waals surface area contributed by atoms with Crippen molar-refractivity contribution in [3.8, 4) is 6.07 Å². The third kappa shape index (κ3) is 4.75. The van der Waals surface area contributed by atoms with Crippen molar-refractivity contribution in [3.05, 3.63) is 64.2 Å². The molecule has 0 unspecified atom stereocenters. The molecule has 0 fully saturated rings. The number of esters is 1. The number of hydrogen-bond donors (Lipinski definition) is 1. The van der Waals surface area contributed by atoms with E-state index >= 15 is 0 Å². The van der Waals surface area contributed by atoms with E-state index in [0.29, 0.717) is 11.8 Å². The molecule has 8 heteroatoms. The van der Waals surface area contributed by atoms with Crippen LogP contribution in [-0.4, -0.2) is 18.0 Å². The van der Waals surface area contributed by atoms with Gasteiger partial charge in [-0.1, -0.05) is 11.6 Å². The Kier molecular flexibility index (Phi) is 5.67. The molecule has 0 bridgehead atoms. The smallest absolute Gasteiger partial charge is 0.339 e. The highest BCUT2D eigenvalue weighted by Crippen LogP contribution is 2.20. The number of ether oxygens (including phenoxy) is 1. The van der Waals surface area contributed by atoms with Gasteiger partial charge in [-0.05, 0) is 37.3 Å². The van der Waals surface area contributed by atoms with Crippen LogP contribution in [0, 0.1) is 23.0 Å². The highest BCUT2D eigenvalue weighted by Gasteiger charge is 2.20. The lowest BCUT2D eigenvalue weighted by Crippen LogP contribution is -2.30. The lowest BCUT2D eigenvalue weighted by Gasteiger charge is -2.14. The number of nitrogens with zero attached hydrogens (tertiary/aromatic N) is 1. The van der Waals surface area contributed by atoms with Crippen molar-refractivity contribution < 1.29 is 23.1 Å². The van der Waals surface area contributed by atoms with E-state index in [1.165, 1.54) is 25.1 Å². The number of anilines is 1. The Morgan fingerprint density at radius 1 is 1.20 bits per heavy atom. The van der Waals surface area contributed by atoms with Crippen LogP contribution in [0.3, 0.4) is 0 Å². The van der Waals surface area contributed by atoms with Crippen LogP contribution in [0.5, 0.6) is 0 Å². The van der Waals surface area contributed by atoms with Gasteiger partial charge in [-0.15, -0.1) is 0 Å². The molecule has 2 aromatic carbocycles. The fraction of sp³-hybridized carbons (Fsp3) is 0.118. The second-order valence-corrected chi connectivity index (χ2v) is 5.41. The quantitative estimate of drug-likeness (QED) is 0.839. The van der Waals surface area contributed by atoms with Gasteiger partial charge in [-0.25, -0.2) is 13.6 Å². The second-order valence-electron chi connectivity index (χ2n) is 5.00. The molecule has 0 aliphatic carbocycles. The topological polar surface area (TPSA) is 79.2 Å². The first-order valence-corrected chi connectivity index (χ1v) is 7.35. The largest absolute Gasteiger partial charge is 0.449 e. The third-order valence-corrected chi connectivity index (χ3v) is 3.42. The molecule has 0 aromatic heterocycles. The van der Waals surface area contributed by atoms with E-state index in [9.17, 15) is 18.4 Å². The third-order valence-electron chi connectivity index (χ3n) is 3.11. The number of rotatable bonds is 4. The van der Waals surface area contributed by atoms with Crippen molar-refractivity contribution in [1.29, 1.82) is 5.26 Å². The number of hydrogen-bond acceptors (Lipinski definition) is 4. The summed E-state index contributed by atoms with van der Waals surface area (Å²) in [7, 11) is 0. The highest BCUT2D eigenvalue weighted by molar-refractivity contribution is 6.32. The van der Waals surface area contributed by atoms with Crippen LogP contribution in [0.2, 0.25) is 5.02 Å². The molecule has 2 aromatic rings. The molecule has 1 amide bonds. The summed E-state index contributed by atoms with van der Waals surface area (Å²) < 4.78 is 31.1. The van der Waals surface area contributed by atoms with Crippen LogP contribution in [0.1, 0.15) is 22.8 Å². The predicted octanol–water partition coefficient (Wildman–Crippen LogP) is 3.67.